The van der Waals surface area contributed by atoms with Gasteiger partial charge in [-0.3, -0.25) is 10.6 Å². The summed E-state index contributed by atoms with van der Waals surface area (Å²) in [5, 5.41) is 10.9. The summed E-state index contributed by atoms with van der Waals surface area (Å²) in [6, 6.07) is 23.6. The second kappa shape index (κ2) is 7.07. The van der Waals surface area contributed by atoms with Crippen molar-refractivity contribution in [3.05, 3.63) is 114 Å². The van der Waals surface area contributed by atoms with Gasteiger partial charge in [-0.15, -0.1) is 11.3 Å². The lowest BCUT2D eigenvalue weighted by Gasteiger charge is -2.44. The van der Waals surface area contributed by atoms with Crippen LogP contribution in [0.2, 0.25) is 0 Å². The van der Waals surface area contributed by atoms with Crippen molar-refractivity contribution in [1.82, 2.24) is 10.6 Å². The minimum absolute atomic E-state index is 0.245. The van der Waals surface area contributed by atoms with E-state index in [1.807, 2.05) is 11.3 Å². The molecule has 4 aromatic rings. The van der Waals surface area contributed by atoms with Crippen molar-refractivity contribution in [2.75, 3.05) is 4.90 Å². The Morgan fingerprint density at radius 1 is 0.861 bits per heavy atom. The summed E-state index contributed by atoms with van der Waals surface area (Å²) in [4.78, 5) is 2.72. The molecule has 4 heterocycles. The molecule has 3 nitrogen and oxygen atoms in total. The predicted molar refractivity (Wildman–Crippen MR) is 151 cm³/mol. The van der Waals surface area contributed by atoms with Crippen molar-refractivity contribution in [1.29, 1.82) is 0 Å². The van der Waals surface area contributed by atoms with E-state index in [9.17, 15) is 0 Å². The molecule has 4 heteroatoms. The number of thiophene rings is 1. The first-order valence-electron chi connectivity index (χ1n) is 13.0. The third-order valence-electron chi connectivity index (χ3n) is 8.72. The Morgan fingerprint density at radius 2 is 1.67 bits per heavy atom. The van der Waals surface area contributed by atoms with E-state index in [0.717, 1.165) is 6.42 Å². The number of piperazine rings is 1. The van der Waals surface area contributed by atoms with E-state index in [1.165, 1.54) is 53.7 Å². The van der Waals surface area contributed by atoms with E-state index in [2.05, 4.69) is 113 Å². The van der Waals surface area contributed by atoms with Gasteiger partial charge in [-0.2, -0.15) is 0 Å². The van der Waals surface area contributed by atoms with Gasteiger partial charge in [0.2, 0.25) is 0 Å². The number of anilines is 1. The van der Waals surface area contributed by atoms with Crippen LogP contribution in [0.4, 0.5) is 5.69 Å². The highest BCUT2D eigenvalue weighted by atomic mass is 32.1. The maximum Gasteiger partial charge on any atom is 0.101 e. The van der Waals surface area contributed by atoms with Gasteiger partial charge in [0.15, 0.2) is 0 Å². The van der Waals surface area contributed by atoms with Gasteiger partial charge in [0.05, 0.1) is 17.8 Å². The van der Waals surface area contributed by atoms with Gasteiger partial charge in [0.1, 0.15) is 6.17 Å². The van der Waals surface area contributed by atoms with Gasteiger partial charge in [0.25, 0.3) is 0 Å². The topological polar surface area (TPSA) is 27.3 Å². The number of benzene rings is 3. The summed E-state index contributed by atoms with van der Waals surface area (Å²) in [6.07, 6.45) is 15.2. The van der Waals surface area contributed by atoms with Crippen LogP contribution < -0.4 is 15.5 Å². The molecule has 0 spiro atoms. The monoisotopic (exact) mass is 483 g/mol. The summed E-state index contributed by atoms with van der Waals surface area (Å²) >= 11 is 1.96. The number of hydrogen-bond acceptors (Lipinski definition) is 4. The number of allylic oxidation sites excluding steroid dienone is 4. The van der Waals surface area contributed by atoms with Crippen LogP contribution in [0.5, 0.6) is 0 Å². The Hall–Kier alpha value is -3.44. The molecule has 3 aliphatic heterocycles. The minimum Gasteiger partial charge on any atom is -0.346 e. The van der Waals surface area contributed by atoms with Gasteiger partial charge in [-0.25, -0.2) is 0 Å². The molecule has 1 aromatic heterocycles. The molecule has 3 aromatic carbocycles. The summed E-state index contributed by atoms with van der Waals surface area (Å²) in [7, 11) is 0. The Labute approximate surface area is 214 Å². The smallest absolute Gasteiger partial charge is 0.101 e. The first-order chi connectivity index (χ1) is 17.8. The van der Waals surface area contributed by atoms with E-state index in [4.69, 9.17) is 0 Å². The van der Waals surface area contributed by atoms with Crippen LogP contribution in [0.3, 0.4) is 0 Å². The largest absolute Gasteiger partial charge is 0.346 e. The average Bonchev–Trinajstić information content (AvgIpc) is 3.57. The van der Waals surface area contributed by atoms with Gasteiger partial charge in [-0.1, -0.05) is 78.9 Å². The highest BCUT2D eigenvalue weighted by Crippen LogP contribution is 2.58. The predicted octanol–water partition coefficient (Wildman–Crippen LogP) is 6.55. The van der Waals surface area contributed by atoms with Crippen molar-refractivity contribution < 1.29 is 0 Å². The lowest BCUT2D eigenvalue weighted by Crippen LogP contribution is -2.65. The van der Waals surface area contributed by atoms with Gasteiger partial charge < -0.3 is 4.90 Å². The molecule has 174 valence electrons. The normalized spacial score (nSPS) is 29.1. The lowest BCUT2D eigenvalue weighted by molar-refractivity contribution is 0.263. The molecule has 0 bridgehead atoms. The van der Waals surface area contributed by atoms with E-state index < -0.39 is 0 Å². The zero-order valence-electron chi connectivity index (χ0n) is 19.7. The molecule has 5 unspecified atom stereocenters. The molecule has 0 amide bonds. The van der Waals surface area contributed by atoms with Crippen LogP contribution in [0, 0.1) is 0 Å². The van der Waals surface area contributed by atoms with Crippen molar-refractivity contribution in [2.24, 2.45) is 0 Å². The van der Waals surface area contributed by atoms with Gasteiger partial charge in [0, 0.05) is 43.4 Å². The molecular weight excluding hydrogens is 458 g/mol. The van der Waals surface area contributed by atoms with Crippen LogP contribution in [0.25, 0.3) is 31.3 Å². The average molecular weight is 484 g/mol. The number of nitrogens with one attached hydrogen (secondary N) is 2. The quantitative estimate of drug-likeness (QED) is 0.321. The zero-order valence-corrected chi connectivity index (χ0v) is 20.5. The molecule has 2 N–H and O–H groups in total. The molecule has 5 atom stereocenters. The highest BCUT2D eigenvalue weighted by molar-refractivity contribution is 7.26. The van der Waals surface area contributed by atoms with E-state index in [-0.39, 0.29) is 12.2 Å². The minimum atomic E-state index is 0.245. The molecular formula is C32H25N3S. The standard InChI is InChI=1S/C32H25N3S/c1-2-8-18(9-3-1)19-14-15-26-21(16-19)22-17-23-20-10-4-7-13-27(20)36-31(23)28-29-32(35(26)30(22)28)34-25-12-6-5-11-24(25)33-29/h1-14,16-17,24-26,29,32-34H,15H2. The van der Waals surface area contributed by atoms with Crippen molar-refractivity contribution >= 4 is 48.3 Å². The molecule has 2 aliphatic carbocycles. The first kappa shape index (κ1) is 19.7. The molecule has 36 heavy (non-hydrogen) atoms. The molecule has 5 aliphatic rings. The fraction of sp³-hybridized carbons (Fsp3) is 0.188. The maximum absolute atomic E-state index is 4.06. The van der Waals surface area contributed by atoms with Crippen molar-refractivity contribution in [3.8, 4) is 0 Å². The van der Waals surface area contributed by atoms with E-state index >= 15 is 0 Å². The van der Waals surface area contributed by atoms with Crippen molar-refractivity contribution in [3.63, 3.8) is 0 Å². The second-order valence-corrected chi connectivity index (χ2v) is 11.6. The SMILES string of the molecule is C1=CC2NC3c4c5c(cc6c4sc4ccccc46)C4=CC(c6ccccc6)=CCC4N5C3NC2C=C1. The molecule has 1 fully saturated rings. The van der Waals surface area contributed by atoms with Crippen LogP contribution in [-0.2, 0) is 0 Å². The second-order valence-electron chi connectivity index (χ2n) is 10.5. The third kappa shape index (κ3) is 2.49. The van der Waals surface area contributed by atoms with Gasteiger partial charge >= 0.3 is 0 Å². The maximum atomic E-state index is 4.06. The molecule has 9 rings (SSSR count). The Kier molecular flexibility index (Phi) is 3.87. The lowest BCUT2D eigenvalue weighted by atomic mass is 9.86. The fourth-order valence-corrected chi connectivity index (χ4v) is 8.46. The first-order valence-corrected chi connectivity index (χ1v) is 13.8. The molecule has 0 saturated carbocycles. The van der Waals surface area contributed by atoms with Crippen LogP contribution in [-0.4, -0.2) is 24.3 Å². The van der Waals surface area contributed by atoms with Crippen LogP contribution in [0.1, 0.15) is 29.2 Å². The molecule has 1 saturated heterocycles. The van der Waals surface area contributed by atoms with Crippen LogP contribution in [0.15, 0.2) is 97.1 Å². The summed E-state index contributed by atoms with van der Waals surface area (Å²) in [5.74, 6) is 0. The van der Waals surface area contributed by atoms with Gasteiger partial charge in [-0.05, 0) is 41.3 Å². The number of hydrogen-bond donors (Lipinski definition) is 2. The number of rotatable bonds is 1. The Morgan fingerprint density at radius 3 is 2.56 bits per heavy atom. The Balaban J connectivity index is 1.30. The van der Waals surface area contributed by atoms with Crippen molar-refractivity contribution in [2.45, 2.75) is 36.8 Å². The summed E-state index contributed by atoms with van der Waals surface area (Å²) < 4.78 is 2.83. The fourth-order valence-electron chi connectivity index (χ4n) is 7.19. The van der Waals surface area contributed by atoms with E-state index in [1.54, 1.807) is 0 Å². The molecule has 0 radical (unpaired) electrons. The van der Waals surface area contributed by atoms with E-state index in [0.29, 0.717) is 18.1 Å². The highest BCUT2D eigenvalue weighted by Gasteiger charge is 2.53. The van der Waals surface area contributed by atoms with Crippen LogP contribution >= 0.6 is 11.3 Å². The third-order valence-corrected chi connectivity index (χ3v) is 9.94. The number of nitrogens with zero attached hydrogens (tertiary/aromatic N) is 1. The summed E-state index contributed by atoms with van der Waals surface area (Å²) in [5.41, 5.74) is 8.51. The summed E-state index contributed by atoms with van der Waals surface area (Å²) in [6.45, 7) is 0. The zero-order chi connectivity index (χ0) is 23.4. The number of fused-ring (bicyclic) bond motifs is 11. The Bertz CT molecular complexity index is 1710.